The molecule has 0 saturated heterocycles. The predicted molar refractivity (Wildman–Crippen MR) is 369 cm³/mol. The second-order valence-electron chi connectivity index (χ2n) is 25.2. The van der Waals surface area contributed by atoms with E-state index in [1.165, 1.54) is 225 Å². The van der Waals surface area contributed by atoms with Gasteiger partial charge in [-0.2, -0.15) is 0 Å². The first kappa shape index (κ1) is 81.4. The zero-order valence-corrected chi connectivity index (χ0v) is 56.8. The van der Waals surface area contributed by atoms with E-state index in [-0.39, 0.29) is 19.1 Å². The maximum Gasteiger partial charge on any atom is 0.472 e. The lowest BCUT2D eigenvalue weighted by atomic mass is 10.0. The van der Waals surface area contributed by atoms with Crippen LogP contribution in [0.2, 0.25) is 0 Å². The Kier molecular flexibility index (Phi) is 62.9. The predicted octanol–water partition coefficient (Wildman–Crippen LogP) is 22.9. The summed E-state index contributed by atoms with van der Waals surface area (Å²) in [6.07, 6.45) is 94.3. The van der Waals surface area contributed by atoms with Crippen molar-refractivity contribution < 1.29 is 32.9 Å². The highest BCUT2D eigenvalue weighted by molar-refractivity contribution is 7.47. The summed E-state index contributed by atoms with van der Waals surface area (Å²) in [5.41, 5.74) is 0. The van der Waals surface area contributed by atoms with Gasteiger partial charge in [0.05, 0.1) is 39.9 Å². The first-order valence-electron chi connectivity index (χ1n) is 35.6. The van der Waals surface area contributed by atoms with Crippen molar-refractivity contribution in [1.82, 2.24) is 5.32 Å². The van der Waals surface area contributed by atoms with Gasteiger partial charge in [0, 0.05) is 6.42 Å². The number of nitrogens with one attached hydrogen (secondary N) is 1. The number of carbonyl (C=O) groups excluding carboxylic acids is 1. The maximum absolute atomic E-state index is 13.0. The van der Waals surface area contributed by atoms with Crippen LogP contribution in [0.4, 0.5) is 0 Å². The van der Waals surface area contributed by atoms with Crippen molar-refractivity contribution in [2.75, 3.05) is 40.9 Å². The van der Waals surface area contributed by atoms with Crippen molar-refractivity contribution in [1.29, 1.82) is 0 Å². The number of carbonyl (C=O) groups is 1. The molecule has 0 aliphatic heterocycles. The minimum absolute atomic E-state index is 0.0523. The molecule has 0 fully saturated rings. The number of quaternary nitrogens is 1. The molecule has 0 aromatic heterocycles. The number of hydrogen-bond acceptors (Lipinski definition) is 5. The number of aliphatic hydroxyl groups excluding tert-OH is 1. The number of unbranched alkanes of at least 4 members (excludes halogenated alkanes) is 38. The van der Waals surface area contributed by atoms with Crippen LogP contribution in [-0.4, -0.2) is 73.4 Å². The van der Waals surface area contributed by atoms with Crippen LogP contribution in [0.25, 0.3) is 0 Å². The van der Waals surface area contributed by atoms with E-state index in [2.05, 4.69) is 104 Å². The standard InChI is InChI=1S/C75H137N2O6P/c1-6-8-10-12-14-16-18-20-22-24-26-28-30-31-32-33-34-35-36-37-38-39-40-41-42-43-44-45-47-49-51-53-55-57-59-61-63-65-67-69-75(79)76-73(72-83-84(80,81)82-71-70-77(3,4)5)74(78)68-66-64-62-60-58-56-54-52-50-48-46-29-27-25-23-21-19-17-15-13-11-9-7-2/h8,10,14,16,20,22,26,28,31-32,50,52,58,60,66,68,73-74,78H,6-7,9,11-13,15,17-19,21,23-25,27,29-30,33-49,51,53-57,59,61-65,67,69-72H2,1-5H3,(H-,76,79,80,81)/p+1/b10-8-,16-14-,22-20-,28-26-,32-31-,52-50+,60-58+,68-66+. The average molecular weight is 1190 g/mol. The van der Waals surface area contributed by atoms with E-state index in [1.807, 2.05) is 27.2 Å². The minimum Gasteiger partial charge on any atom is -0.387 e. The van der Waals surface area contributed by atoms with Gasteiger partial charge in [-0.1, -0.05) is 323 Å². The molecule has 3 N–H and O–H groups in total. The van der Waals surface area contributed by atoms with Gasteiger partial charge in [0.1, 0.15) is 13.2 Å². The molecule has 0 radical (unpaired) electrons. The fraction of sp³-hybridized carbons (Fsp3) is 0.773. The number of nitrogens with zero attached hydrogens (tertiary/aromatic N) is 1. The molecule has 84 heavy (non-hydrogen) atoms. The summed E-state index contributed by atoms with van der Waals surface area (Å²) >= 11 is 0. The summed E-state index contributed by atoms with van der Waals surface area (Å²) in [5.74, 6) is -0.187. The molecule has 0 bridgehead atoms. The second-order valence-corrected chi connectivity index (χ2v) is 26.7. The molecule has 0 saturated carbocycles. The third-order valence-electron chi connectivity index (χ3n) is 15.8. The van der Waals surface area contributed by atoms with Gasteiger partial charge in [-0.25, -0.2) is 4.57 Å². The van der Waals surface area contributed by atoms with Crippen molar-refractivity contribution in [3.8, 4) is 0 Å². The number of phosphoric ester groups is 1. The van der Waals surface area contributed by atoms with Gasteiger partial charge < -0.3 is 19.8 Å². The number of allylic oxidation sites excluding steroid dienone is 15. The van der Waals surface area contributed by atoms with Crippen LogP contribution >= 0.6 is 7.82 Å². The number of likely N-dealkylation sites (N-methyl/N-ethyl adjacent to an activating group) is 1. The molecule has 488 valence electrons. The van der Waals surface area contributed by atoms with Crippen molar-refractivity contribution in [2.24, 2.45) is 0 Å². The van der Waals surface area contributed by atoms with Crippen LogP contribution in [0.15, 0.2) is 97.2 Å². The number of phosphoric acid groups is 1. The van der Waals surface area contributed by atoms with Crippen LogP contribution in [0, 0.1) is 0 Å². The first-order chi connectivity index (χ1) is 41.0. The maximum atomic E-state index is 13.0. The highest BCUT2D eigenvalue weighted by atomic mass is 31.2. The van der Waals surface area contributed by atoms with E-state index in [0.717, 1.165) is 77.0 Å². The Bertz CT molecular complexity index is 1690. The van der Waals surface area contributed by atoms with Crippen LogP contribution in [0.5, 0.6) is 0 Å². The second kappa shape index (κ2) is 64.9. The lowest BCUT2D eigenvalue weighted by Crippen LogP contribution is -2.45. The molecular weight excluding hydrogens is 1060 g/mol. The molecule has 3 unspecified atom stereocenters. The summed E-state index contributed by atoms with van der Waals surface area (Å²) in [6.45, 7) is 4.70. The Morgan fingerprint density at radius 1 is 0.417 bits per heavy atom. The summed E-state index contributed by atoms with van der Waals surface area (Å²) < 4.78 is 23.8. The van der Waals surface area contributed by atoms with Gasteiger partial charge in [0.25, 0.3) is 0 Å². The van der Waals surface area contributed by atoms with Crippen LogP contribution in [0.1, 0.15) is 322 Å². The first-order valence-corrected chi connectivity index (χ1v) is 37.1. The van der Waals surface area contributed by atoms with Crippen LogP contribution < -0.4 is 5.32 Å². The molecule has 8 nitrogen and oxygen atoms in total. The van der Waals surface area contributed by atoms with E-state index in [4.69, 9.17) is 9.05 Å². The van der Waals surface area contributed by atoms with Gasteiger partial charge in [0.15, 0.2) is 0 Å². The molecule has 0 spiro atoms. The van der Waals surface area contributed by atoms with Crippen LogP contribution in [-0.2, 0) is 18.4 Å². The van der Waals surface area contributed by atoms with Gasteiger partial charge >= 0.3 is 7.82 Å². The topological polar surface area (TPSA) is 105 Å². The summed E-state index contributed by atoms with van der Waals surface area (Å²) in [4.78, 5) is 23.4. The molecular formula is C75H138N2O6P+. The zero-order valence-electron chi connectivity index (χ0n) is 55.9. The van der Waals surface area contributed by atoms with Crippen molar-refractivity contribution in [2.45, 2.75) is 334 Å². The fourth-order valence-corrected chi connectivity index (χ4v) is 11.0. The lowest BCUT2D eigenvalue weighted by Gasteiger charge is -2.25. The molecule has 0 aliphatic rings. The average Bonchev–Trinajstić information content (AvgIpc) is 3.56. The summed E-state index contributed by atoms with van der Waals surface area (Å²) in [5, 5.41) is 14.0. The highest BCUT2D eigenvalue weighted by Crippen LogP contribution is 2.43. The molecule has 9 heteroatoms. The Labute approximate surface area is 521 Å². The Morgan fingerprint density at radius 2 is 0.726 bits per heavy atom. The molecule has 0 heterocycles. The molecule has 0 aliphatic carbocycles. The van der Waals surface area contributed by atoms with E-state index >= 15 is 0 Å². The molecule has 0 aromatic rings. The number of hydrogen-bond donors (Lipinski definition) is 3. The van der Waals surface area contributed by atoms with E-state index in [1.54, 1.807) is 6.08 Å². The third-order valence-corrected chi connectivity index (χ3v) is 16.7. The summed E-state index contributed by atoms with van der Waals surface area (Å²) in [7, 11) is 1.55. The van der Waals surface area contributed by atoms with Crippen LogP contribution in [0.3, 0.4) is 0 Å². The fourth-order valence-electron chi connectivity index (χ4n) is 10.3. The molecule has 1 amide bonds. The van der Waals surface area contributed by atoms with E-state index < -0.39 is 20.0 Å². The molecule has 3 atom stereocenters. The Morgan fingerprint density at radius 3 is 1.10 bits per heavy atom. The number of amides is 1. The Hall–Kier alpha value is -2.58. The molecule has 0 aromatic carbocycles. The van der Waals surface area contributed by atoms with E-state index in [9.17, 15) is 19.4 Å². The van der Waals surface area contributed by atoms with Crippen molar-refractivity contribution >= 4 is 13.7 Å². The Balaban J connectivity index is 4.03. The smallest absolute Gasteiger partial charge is 0.387 e. The SMILES string of the molecule is CC/C=C\C/C=C\C/C=C\C/C=C\C/C=C\CCCCCCCCCCCCCCCCCCCCCCCCCC(=O)NC(COP(=O)(O)OCC[N+](C)(C)C)C(O)/C=C/CC/C=C/CC/C=C/CCCCCCCCCCCCCCC. The number of aliphatic hydroxyl groups is 1. The number of rotatable bonds is 65. The largest absolute Gasteiger partial charge is 0.472 e. The van der Waals surface area contributed by atoms with Gasteiger partial charge in [0.2, 0.25) is 5.91 Å². The van der Waals surface area contributed by atoms with Gasteiger partial charge in [-0.15, -0.1) is 0 Å². The third kappa shape index (κ3) is 66.9. The highest BCUT2D eigenvalue weighted by Gasteiger charge is 2.28. The normalized spacial score (nSPS) is 14.2. The lowest BCUT2D eigenvalue weighted by molar-refractivity contribution is -0.870. The quantitative estimate of drug-likeness (QED) is 0.0243. The van der Waals surface area contributed by atoms with Crippen molar-refractivity contribution in [3.05, 3.63) is 97.2 Å². The van der Waals surface area contributed by atoms with Crippen molar-refractivity contribution in [3.63, 3.8) is 0 Å². The summed E-state index contributed by atoms with van der Waals surface area (Å²) in [6, 6.07) is -0.874. The van der Waals surface area contributed by atoms with Gasteiger partial charge in [-0.05, 0) is 89.9 Å². The molecule has 0 rings (SSSR count). The van der Waals surface area contributed by atoms with E-state index in [0.29, 0.717) is 17.4 Å². The zero-order chi connectivity index (χ0) is 61.2. The minimum atomic E-state index is -4.37. The van der Waals surface area contributed by atoms with Gasteiger partial charge in [-0.3, -0.25) is 13.8 Å². The monoisotopic (exact) mass is 1190 g/mol.